The second kappa shape index (κ2) is 4.63. The Hall–Kier alpha value is -0.0800. The molecule has 0 aromatic rings. The Labute approximate surface area is 88.8 Å². The van der Waals surface area contributed by atoms with Gasteiger partial charge in [0.25, 0.3) is 0 Å². The molecule has 0 radical (unpaired) electrons. The molecule has 0 aliphatic carbocycles. The summed E-state index contributed by atoms with van der Waals surface area (Å²) in [5, 5.41) is 0. The molecule has 1 aliphatic heterocycles. The molecule has 0 bridgehead atoms. The van der Waals surface area contributed by atoms with Gasteiger partial charge in [0.05, 0.1) is 0 Å². The highest BCUT2D eigenvalue weighted by molar-refractivity contribution is 4.84. The number of hydrogen-bond acceptors (Lipinski definition) is 2. The second-order valence-corrected chi connectivity index (χ2v) is 5.51. The van der Waals surface area contributed by atoms with Crippen molar-refractivity contribution in [3.05, 3.63) is 0 Å². The Kier molecular flexibility index (Phi) is 3.96. The minimum Gasteiger partial charge on any atom is -0.326 e. The van der Waals surface area contributed by atoms with E-state index < -0.39 is 0 Å². The van der Waals surface area contributed by atoms with Crippen molar-refractivity contribution in [2.75, 3.05) is 13.1 Å². The summed E-state index contributed by atoms with van der Waals surface area (Å²) in [7, 11) is 0. The maximum absolute atomic E-state index is 6.07. The Morgan fingerprint density at radius 3 is 2.21 bits per heavy atom. The van der Waals surface area contributed by atoms with Gasteiger partial charge in [-0.1, -0.05) is 20.8 Å². The molecule has 1 rings (SSSR count). The molecule has 2 unspecified atom stereocenters. The van der Waals surface area contributed by atoms with E-state index in [4.69, 9.17) is 5.73 Å². The summed E-state index contributed by atoms with van der Waals surface area (Å²) in [5.74, 6) is 0. The Bertz CT molecular complexity index is 167. The van der Waals surface area contributed by atoms with Gasteiger partial charge in [0.1, 0.15) is 0 Å². The third kappa shape index (κ3) is 2.96. The van der Waals surface area contributed by atoms with Crippen LogP contribution in [-0.2, 0) is 0 Å². The molecule has 1 heterocycles. The van der Waals surface area contributed by atoms with Crippen LogP contribution < -0.4 is 5.73 Å². The minimum atomic E-state index is 0.344. The molecule has 2 N–H and O–H groups in total. The van der Waals surface area contributed by atoms with Crippen LogP contribution in [-0.4, -0.2) is 30.1 Å². The van der Waals surface area contributed by atoms with E-state index in [-0.39, 0.29) is 0 Å². The van der Waals surface area contributed by atoms with Crippen LogP contribution in [0.15, 0.2) is 0 Å². The third-order valence-corrected chi connectivity index (χ3v) is 3.82. The van der Waals surface area contributed by atoms with E-state index in [0.717, 1.165) is 6.42 Å². The predicted molar refractivity (Wildman–Crippen MR) is 62.3 cm³/mol. The maximum Gasteiger partial charge on any atom is 0.0218 e. The molecule has 84 valence electrons. The van der Waals surface area contributed by atoms with Crippen LogP contribution in [0.3, 0.4) is 0 Å². The fourth-order valence-corrected chi connectivity index (χ4v) is 2.15. The van der Waals surface area contributed by atoms with Gasteiger partial charge in [-0.05, 0) is 44.7 Å². The van der Waals surface area contributed by atoms with E-state index in [1.165, 1.54) is 25.9 Å². The molecule has 14 heavy (non-hydrogen) atoms. The summed E-state index contributed by atoms with van der Waals surface area (Å²) in [6, 6.07) is 0.896. The summed E-state index contributed by atoms with van der Waals surface area (Å²) < 4.78 is 0. The van der Waals surface area contributed by atoms with Gasteiger partial charge in [0, 0.05) is 12.1 Å². The normalized spacial score (nSPS) is 27.2. The van der Waals surface area contributed by atoms with E-state index in [1.54, 1.807) is 0 Å². The highest BCUT2D eigenvalue weighted by Crippen LogP contribution is 2.30. The number of nitrogens with zero attached hydrogens (tertiary/aromatic N) is 1. The molecule has 0 amide bonds. The topological polar surface area (TPSA) is 29.3 Å². The monoisotopic (exact) mass is 198 g/mol. The molecule has 2 heteroatoms. The van der Waals surface area contributed by atoms with Crippen LogP contribution >= 0.6 is 0 Å². The highest BCUT2D eigenvalue weighted by atomic mass is 15.2. The van der Waals surface area contributed by atoms with Crippen molar-refractivity contribution in [3.8, 4) is 0 Å². The molecule has 1 fully saturated rings. The van der Waals surface area contributed by atoms with Crippen LogP contribution in [0.1, 0.15) is 47.0 Å². The lowest BCUT2D eigenvalue weighted by atomic mass is 9.82. The van der Waals surface area contributed by atoms with Gasteiger partial charge in [-0.15, -0.1) is 0 Å². The summed E-state index contributed by atoms with van der Waals surface area (Å²) in [6.07, 6.45) is 3.71. The van der Waals surface area contributed by atoms with Crippen LogP contribution in [0, 0.1) is 5.41 Å². The van der Waals surface area contributed by atoms with Gasteiger partial charge < -0.3 is 5.73 Å². The van der Waals surface area contributed by atoms with E-state index in [2.05, 4.69) is 32.6 Å². The van der Waals surface area contributed by atoms with E-state index in [9.17, 15) is 0 Å². The molecule has 0 aromatic heterocycles. The zero-order valence-corrected chi connectivity index (χ0v) is 10.2. The number of likely N-dealkylation sites (tertiary alicyclic amines) is 1. The molecule has 0 saturated carbocycles. The lowest BCUT2D eigenvalue weighted by Gasteiger charge is -2.41. The second-order valence-electron chi connectivity index (χ2n) is 5.51. The van der Waals surface area contributed by atoms with Crippen molar-refractivity contribution in [2.24, 2.45) is 11.1 Å². The number of piperidine rings is 1. The predicted octanol–water partition coefficient (Wildman–Crippen LogP) is 2.23. The number of rotatable bonds is 3. The van der Waals surface area contributed by atoms with Crippen LogP contribution in [0.5, 0.6) is 0 Å². The van der Waals surface area contributed by atoms with Crippen molar-refractivity contribution in [1.29, 1.82) is 0 Å². The first-order valence-corrected chi connectivity index (χ1v) is 5.96. The quantitative estimate of drug-likeness (QED) is 0.753. The first-order chi connectivity index (χ1) is 6.46. The van der Waals surface area contributed by atoms with E-state index in [0.29, 0.717) is 17.5 Å². The fraction of sp³-hybridized carbons (Fsp3) is 1.00. The largest absolute Gasteiger partial charge is 0.326 e. The van der Waals surface area contributed by atoms with Gasteiger partial charge >= 0.3 is 0 Å². The highest BCUT2D eigenvalue weighted by Gasteiger charge is 2.29. The summed E-state index contributed by atoms with van der Waals surface area (Å²) >= 11 is 0. The molecule has 1 aliphatic rings. The van der Waals surface area contributed by atoms with Crippen molar-refractivity contribution in [3.63, 3.8) is 0 Å². The molecule has 0 aromatic carbocycles. The van der Waals surface area contributed by atoms with Crippen LogP contribution in [0.2, 0.25) is 0 Å². The molecule has 2 nitrogen and oxygen atoms in total. The summed E-state index contributed by atoms with van der Waals surface area (Å²) in [4.78, 5) is 2.55. The third-order valence-electron chi connectivity index (χ3n) is 3.82. The average Bonchev–Trinajstić information content (AvgIpc) is 2.15. The molecule has 2 atom stereocenters. The van der Waals surface area contributed by atoms with Gasteiger partial charge in [0.2, 0.25) is 0 Å². The maximum atomic E-state index is 6.07. The zero-order chi connectivity index (χ0) is 10.8. The Balaban J connectivity index is 2.41. The molecular formula is C12H26N2. The van der Waals surface area contributed by atoms with Gasteiger partial charge in [-0.25, -0.2) is 0 Å². The first-order valence-electron chi connectivity index (χ1n) is 5.96. The standard InChI is InChI=1S/C12H26N2/c1-5-11(13)10(2)14-8-6-12(3,4)7-9-14/h10-11H,5-9,13H2,1-4H3. The smallest absolute Gasteiger partial charge is 0.0218 e. The SMILES string of the molecule is CCC(N)C(C)N1CCC(C)(C)CC1. The van der Waals surface area contributed by atoms with Crippen molar-refractivity contribution < 1.29 is 0 Å². The molecule has 1 saturated heterocycles. The summed E-state index contributed by atoms with van der Waals surface area (Å²) in [5.41, 5.74) is 6.62. The fourth-order valence-electron chi connectivity index (χ4n) is 2.15. The minimum absolute atomic E-state index is 0.344. The Morgan fingerprint density at radius 1 is 1.29 bits per heavy atom. The van der Waals surface area contributed by atoms with E-state index in [1.807, 2.05) is 0 Å². The molecule has 0 spiro atoms. The van der Waals surface area contributed by atoms with Crippen molar-refractivity contribution in [2.45, 2.75) is 59.0 Å². The Morgan fingerprint density at radius 2 is 1.79 bits per heavy atom. The number of nitrogens with two attached hydrogens (primary N) is 1. The van der Waals surface area contributed by atoms with E-state index >= 15 is 0 Å². The molecular weight excluding hydrogens is 172 g/mol. The first kappa shape index (κ1) is 12.0. The lowest BCUT2D eigenvalue weighted by Crippen LogP contribution is -2.49. The lowest BCUT2D eigenvalue weighted by molar-refractivity contribution is 0.0889. The van der Waals surface area contributed by atoms with Crippen LogP contribution in [0.25, 0.3) is 0 Å². The zero-order valence-electron chi connectivity index (χ0n) is 10.2. The van der Waals surface area contributed by atoms with Crippen LogP contribution in [0.4, 0.5) is 0 Å². The van der Waals surface area contributed by atoms with Gasteiger partial charge in [-0.2, -0.15) is 0 Å². The van der Waals surface area contributed by atoms with Crippen molar-refractivity contribution in [1.82, 2.24) is 4.90 Å². The average molecular weight is 198 g/mol. The number of hydrogen-bond donors (Lipinski definition) is 1. The summed E-state index contributed by atoms with van der Waals surface area (Å²) in [6.45, 7) is 11.6. The van der Waals surface area contributed by atoms with Gasteiger partial charge in [-0.3, -0.25) is 4.90 Å². The van der Waals surface area contributed by atoms with Gasteiger partial charge in [0.15, 0.2) is 0 Å². The van der Waals surface area contributed by atoms with Crippen molar-refractivity contribution >= 4 is 0 Å².